The molecule has 3 N–H and O–H groups in total. The summed E-state index contributed by atoms with van der Waals surface area (Å²) in [5.41, 5.74) is 0.110. The van der Waals surface area contributed by atoms with E-state index in [1.165, 1.54) is 4.90 Å². The van der Waals surface area contributed by atoms with E-state index < -0.39 is 18.0 Å². The molecule has 0 saturated carbocycles. The molecule has 25 heavy (non-hydrogen) atoms. The summed E-state index contributed by atoms with van der Waals surface area (Å²) in [6, 6.07) is -0.238. The zero-order chi connectivity index (χ0) is 17.9. The van der Waals surface area contributed by atoms with Crippen LogP contribution in [0.2, 0.25) is 0 Å². The molecule has 0 spiro atoms. The van der Waals surface area contributed by atoms with E-state index in [9.17, 15) is 19.8 Å². The summed E-state index contributed by atoms with van der Waals surface area (Å²) in [5.74, 6) is -0.981. The smallest absolute Gasteiger partial charge is 0.353 e. The van der Waals surface area contributed by atoms with Crippen LogP contribution in [0.25, 0.3) is 0 Å². The Morgan fingerprint density at radius 3 is 2.72 bits per heavy atom. The molecule has 4 heterocycles. The number of likely N-dealkylation sites (tertiary alicyclic amines) is 1. The number of aliphatic carboxylic acids is 1. The van der Waals surface area contributed by atoms with E-state index in [1.807, 2.05) is 6.92 Å². The van der Waals surface area contributed by atoms with E-state index in [-0.39, 0.29) is 28.8 Å². The molecule has 2 saturated heterocycles. The van der Waals surface area contributed by atoms with E-state index in [0.29, 0.717) is 0 Å². The average molecular weight is 366 g/mol. The van der Waals surface area contributed by atoms with Gasteiger partial charge in [0, 0.05) is 35.7 Å². The van der Waals surface area contributed by atoms with Crippen molar-refractivity contribution in [1.82, 2.24) is 15.1 Å². The highest BCUT2D eigenvalue weighted by Gasteiger charge is 2.60. The van der Waals surface area contributed by atoms with Crippen LogP contribution in [-0.2, 0) is 9.59 Å². The Kier molecular flexibility index (Phi) is 3.95. The van der Waals surface area contributed by atoms with Crippen LogP contribution in [0.1, 0.15) is 13.8 Å². The van der Waals surface area contributed by atoms with Crippen molar-refractivity contribution in [3.8, 4) is 0 Å². The number of nitrogens with zero attached hydrogens (tertiary/aromatic N) is 3. The van der Waals surface area contributed by atoms with Gasteiger partial charge < -0.3 is 25.3 Å². The highest BCUT2D eigenvalue weighted by molar-refractivity contribution is 8.03. The first-order chi connectivity index (χ1) is 11.9. The summed E-state index contributed by atoms with van der Waals surface area (Å²) in [4.78, 5) is 32.8. The number of carbonyl (C=O) groups is 2. The van der Waals surface area contributed by atoms with Crippen LogP contribution in [0.5, 0.6) is 0 Å². The molecule has 2 fully saturated rings. The van der Waals surface area contributed by atoms with Gasteiger partial charge in [0.15, 0.2) is 5.96 Å². The Morgan fingerprint density at radius 1 is 1.44 bits per heavy atom. The van der Waals surface area contributed by atoms with Crippen molar-refractivity contribution in [2.24, 2.45) is 16.8 Å². The fourth-order valence-electron chi connectivity index (χ4n) is 4.14. The quantitative estimate of drug-likeness (QED) is 0.577. The van der Waals surface area contributed by atoms with Crippen molar-refractivity contribution in [3.63, 3.8) is 0 Å². The van der Waals surface area contributed by atoms with Crippen molar-refractivity contribution in [3.05, 3.63) is 10.6 Å². The Balaban J connectivity index is 1.49. The predicted molar refractivity (Wildman–Crippen MR) is 92.9 cm³/mol. The molecule has 0 aliphatic carbocycles. The van der Waals surface area contributed by atoms with Crippen molar-refractivity contribution in [2.45, 2.75) is 31.2 Å². The second-order valence-corrected chi connectivity index (χ2v) is 8.39. The van der Waals surface area contributed by atoms with Crippen LogP contribution in [0, 0.1) is 11.8 Å². The highest BCUT2D eigenvalue weighted by Crippen LogP contribution is 2.51. The molecular weight excluding hydrogens is 344 g/mol. The minimum absolute atomic E-state index is 0.0654. The summed E-state index contributed by atoms with van der Waals surface area (Å²) < 4.78 is 0. The maximum Gasteiger partial charge on any atom is 0.353 e. The van der Waals surface area contributed by atoms with Gasteiger partial charge in [0.2, 0.25) is 5.91 Å². The van der Waals surface area contributed by atoms with Crippen LogP contribution >= 0.6 is 11.8 Å². The number of aliphatic hydroxyl groups is 1. The third-order valence-corrected chi connectivity index (χ3v) is 6.86. The van der Waals surface area contributed by atoms with E-state index in [0.717, 1.165) is 37.0 Å². The number of fused-ring (bicyclic) bond motifs is 1. The lowest BCUT2D eigenvalue weighted by Gasteiger charge is -2.46. The Hall–Kier alpha value is -1.74. The Labute approximate surface area is 149 Å². The zero-order valence-electron chi connectivity index (χ0n) is 14.2. The normalized spacial score (nSPS) is 32.8. The maximum atomic E-state index is 12.3. The topological polar surface area (TPSA) is 105 Å². The maximum absolute atomic E-state index is 12.3. The van der Waals surface area contributed by atoms with Crippen molar-refractivity contribution in [2.75, 3.05) is 26.2 Å². The number of guanidine groups is 1. The summed E-state index contributed by atoms with van der Waals surface area (Å²) >= 11 is 1.56. The summed E-state index contributed by atoms with van der Waals surface area (Å²) in [6.45, 7) is 6.85. The van der Waals surface area contributed by atoms with Crippen LogP contribution < -0.4 is 5.32 Å². The van der Waals surface area contributed by atoms with Crippen LogP contribution in [0.4, 0.5) is 0 Å². The number of hydrogen-bond acceptors (Lipinski definition) is 7. The van der Waals surface area contributed by atoms with Crippen molar-refractivity contribution < 1.29 is 19.8 Å². The number of carboxylic acids is 1. The molecule has 4 aliphatic heterocycles. The first-order valence-electron chi connectivity index (χ1n) is 8.58. The van der Waals surface area contributed by atoms with Gasteiger partial charge in [0.1, 0.15) is 5.70 Å². The summed E-state index contributed by atoms with van der Waals surface area (Å²) in [7, 11) is 0. The van der Waals surface area contributed by atoms with Crippen LogP contribution in [0.15, 0.2) is 15.6 Å². The highest BCUT2D eigenvalue weighted by atomic mass is 32.2. The molecule has 4 unspecified atom stereocenters. The first kappa shape index (κ1) is 16.7. The monoisotopic (exact) mass is 366 g/mol. The number of carboxylic acid groups (broad SMARTS) is 1. The van der Waals surface area contributed by atoms with Gasteiger partial charge in [0.05, 0.1) is 24.6 Å². The van der Waals surface area contributed by atoms with Gasteiger partial charge in [-0.05, 0) is 6.92 Å². The minimum Gasteiger partial charge on any atom is -0.477 e. The molecule has 4 aliphatic rings. The van der Waals surface area contributed by atoms with Gasteiger partial charge in [0.25, 0.3) is 0 Å². The first-order valence-corrected chi connectivity index (χ1v) is 9.46. The molecule has 0 aromatic rings. The molecule has 1 amide bonds. The SMILES string of the molecule is CC(O)C1C(=O)N2C(C(=O)O)=C(SC3CN(C4=NCCN4)C3)C(C)C12. The second kappa shape index (κ2) is 5.91. The van der Waals surface area contributed by atoms with Gasteiger partial charge in [-0.3, -0.25) is 9.79 Å². The number of aliphatic imine (C=N–C) groups is 1. The largest absolute Gasteiger partial charge is 0.477 e. The molecule has 0 radical (unpaired) electrons. The molecular formula is C16H22N4O4S. The van der Waals surface area contributed by atoms with E-state index in [4.69, 9.17) is 0 Å². The number of rotatable bonds is 4. The summed E-state index contributed by atoms with van der Waals surface area (Å²) in [5, 5.41) is 23.0. The van der Waals surface area contributed by atoms with E-state index in [2.05, 4.69) is 15.2 Å². The standard InChI is InChI=1S/C16H22N4O4S/c1-7-11-10(8(2)21)14(22)20(11)12(15(23)24)13(7)25-9-5-19(6-9)16-17-3-4-18-16/h7-11,21H,3-6H2,1-2H3,(H,17,18)(H,23,24). The summed E-state index contributed by atoms with van der Waals surface area (Å²) in [6.07, 6.45) is -0.763. The fraction of sp³-hybridized carbons (Fsp3) is 0.688. The predicted octanol–water partition coefficient (Wildman–Crippen LogP) is -0.483. The molecule has 136 valence electrons. The van der Waals surface area contributed by atoms with Crippen LogP contribution in [0.3, 0.4) is 0 Å². The third-order valence-electron chi connectivity index (χ3n) is 5.41. The van der Waals surface area contributed by atoms with Gasteiger partial charge in [-0.25, -0.2) is 4.79 Å². The van der Waals surface area contributed by atoms with Gasteiger partial charge >= 0.3 is 5.97 Å². The molecule has 4 rings (SSSR count). The third kappa shape index (κ3) is 2.43. The van der Waals surface area contributed by atoms with Gasteiger partial charge in [-0.2, -0.15) is 0 Å². The lowest BCUT2D eigenvalue weighted by molar-refractivity contribution is -0.163. The number of carbonyl (C=O) groups excluding carboxylic acids is 1. The molecule has 0 bridgehead atoms. The number of amides is 1. The lowest BCUT2D eigenvalue weighted by atomic mass is 9.79. The lowest BCUT2D eigenvalue weighted by Crippen LogP contribution is -2.63. The van der Waals surface area contributed by atoms with Crippen LogP contribution in [-0.4, -0.2) is 81.4 Å². The molecule has 9 heteroatoms. The number of nitrogens with one attached hydrogen (secondary N) is 1. The van der Waals surface area contributed by atoms with E-state index >= 15 is 0 Å². The van der Waals surface area contributed by atoms with E-state index in [1.54, 1.807) is 18.7 Å². The fourth-order valence-corrected chi connectivity index (χ4v) is 5.66. The Bertz CT molecular complexity index is 686. The number of thioether (sulfide) groups is 1. The van der Waals surface area contributed by atoms with Gasteiger partial charge in [-0.1, -0.05) is 6.92 Å². The molecule has 0 aromatic heterocycles. The van der Waals surface area contributed by atoms with Crippen molar-refractivity contribution >= 4 is 29.6 Å². The molecule has 8 nitrogen and oxygen atoms in total. The number of β-lactam (4-membered cyclic amide) rings is 1. The number of hydrogen-bond donors (Lipinski definition) is 3. The average Bonchev–Trinajstić information content (AvgIpc) is 3.08. The second-order valence-electron chi connectivity index (χ2n) is 7.05. The minimum atomic E-state index is -1.06. The Morgan fingerprint density at radius 2 is 2.16 bits per heavy atom. The molecule has 4 atom stereocenters. The number of aliphatic hydroxyl groups excluding tert-OH is 1. The zero-order valence-corrected chi connectivity index (χ0v) is 15.0. The van der Waals surface area contributed by atoms with Crippen molar-refractivity contribution in [1.29, 1.82) is 0 Å². The molecule has 0 aromatic carbocycles. The van der Waals surface area contributed by atoms with Gasteiger partial charge in [-0.15, -0.1) is 11.8 Å².